The highest BCUT2D eigenvalue weighted by Gasteiger charge is 2.29. The van der Waals surface area contributed by atoms with Gasteiger partial charge in [0.25, 0.3) is 5.91 Å². The van der Waals surface area contributed by atoms with E-state index < -0.39 is 11.6 Å². The number of nitrogens with two attached hydrogens (primary N) is 2. The first-order valence-corrected chi connectivity index (χ1v) is 9.94. The van der Waals surface area contributed by atoms with Crippen LogP contribution in [0.4, 0.5) is 17.5 Å². The van der Waals surface area contributed by atoms with Gasteiger partial charge in [0.15, 0.2) is 11.5 Å². The Kier molecular flexibility index (Phi) is 4.87. The molecule has 1 fully saturated rings. The summed E-state index contributed by atoms with van der Waals surface area (Å²) >= 11 is 0. The van der Waals surface area contributed by atoms with Gasteiger partial charge in [-0.15, -0.1) is 0 Å². The highest BCUT2D eigenvalue weighted by Crippen LogP contribution is 2.30. The number of aryl methyl sites for hydroxylation is 2. The SMILES string of the molecule is Cc1cc(C)cc(Nc2nc(NC3(N)CCCCC3)n3ccnc3c2C(N)=O)c1. The van der Waals surface area contributed by atoms with Crippen molar-refractivity contribution in [2.45, 2.75) is 51.6 Å². The summed E-state index contributed by atoms with van der Waals surface area (Å²) in [5.74, 6) is 0.314. The number of amides is 1. The fourth-order valence-electron chi connectivity index (χ4n) is 4.10. The lowest BCUT2D eigenvalue weighted by Gasteiger charge is -2.35. The van der Waals surface area contributed by atoms with Gasteiger partial charge in [0, 0.05) is 18.1 Å². The van der Waals surface area contributed by atoms with Crippen LogP contribution in [0.1, 0.15) is 53.6 Å². The molecule has 29 heavy (non-hydrogen) atoms. The lowest BCUT2D eigenvalue weighted by Crippen LogP contribution is -2.49. The number of nitrogens with zero attached hydrogens (tertiary/aromatic N) is 3. The Morgan fingerprint density at radius 2 is 1.83 bits per heavy atom. The first-order valence-electron chi connectivity index (χ1n) is 9.94. The molecule has 0 aliphatic heterocycles. The number of nitrogens with one attached hydrogen (secondary N) is 2. The summed E-state index contributed by atoms with van der Waals surface area (Å²) in [5, 5.41) is 6.66. The van der Waals surface area contributed by atoms with Crippen molar-refractivity contribution in [1.29, 1.82) is 0 Å². The van der Waals surface area contributed by atoms with Gasteiger partial charge in [-0.3, -0.25) is 9.20 Å². The molecule has 1 saturated carbocycles. The van der Waals surface area contributed by atoms with Crippen LogP contribution in [0.15, 0.2) is 30.6 Å². The molecule has 152 valence electrons. The van der Waals surface area contributed by atoms with Crippen LogP contribution in [0.2, 0.25) is 0 Å². The number of fused-ring (bicyclic) bond motifs is 1. The molecule has 0 spiro atoms. The molecule has 2 heterocycles. The zero-order valence-corrected chi connectivity index (χ0v) is 16.8. The minimum atomic E-state index is -0.591. The zero-order chi connectivity index (χ0) is 20.6. The number of primary amides is 1. The van der Waals surface area contributed by atoms with Crippen molar-refractivity contribution in [1.82, 2.24) is 14.4 Å². The number of benzene rings is 1. The summed E-state index contributed by atoms with van der Waals surface area (Å²) in [6.07, 6.45) is 8.44. The largest absolute Gasteiger partial charge is 0.365 e. The number of carbonyl (C=O) groups excluding carboxylic acids is 1. The molecule has 8 nitrogen and oxygen atoms in total. The predicted octanol–water partition coefficient (Wildman–Crippen LogP) is 3.22. The number of aromatic nitrogens is 3. The van der Waals surface area contributed by atoms with E-state index in [0.717, 1.165) is 42.5 Å². The number of hydrogen-bond donors (Lipinski definition) is 4. The molecule has 0 bridgehead atoms. The van der Waals surface area contributed by atoms with Crippen molar-refractivity contribution in [2.75, 3.05) is 10.6 Å². The van der Waals surface area contributed by atoms with Crippen LogP contribution >= 0.6 is 0 Å². The average molecular weight is 393 g/mol. The molecule has 1 aliphatic rings. The van der Waals surface area contributed by atoms with E-state index in [9.17, 15) is 4.79 Å². The summed E-state index contributed by atoms with van der Waals surface area (Å²) in [6, 6.07) is 6.07. The maximum atomic E-state index is 12.3. The van der Waals surface area contributed by atoms with E-state index in [1.54, 1.807) is 16.8 Å². The molecule has 1 aliphatic carbocycles. The minimum Gasteiger partial charge on any atom is -0.365 e. The van der Waals surface area contributed by atoms with Gasteiger partial charge in [-0.1, -0.05) is 12.5 Å². The number of rotatable bonds is 5. The lowest BCUT2D eigenvalue weighted by atomic mass is 9.90. The smallest absolute Gasteiger partial charge is 0.256 e. The Labute approximate surface area is 169 Å². The topological polar surface area (TPSA) is 123 Å². The molecule has 1 amide bonds. The van der Waals surface area contributed by atoms with Gasteiger partial charge in [-0.25, -0.2) is 4.98 Å². The van der Waals surface area contributed by atoms with Gasteiger partial charge >= 0.3 is 0 Å². The van der Waals surface area contributed by atoms with Crippen molar-refractivity contribution in [2.24, 2.45) is 11.5 Å². The van der Waals surface area contributed by atoms with Gasteiger partial charge in [-0.2, -0.15) is 4.98 Å². The van der Waals surface area contributed by atoms with Crippen LogP contribution in [0.5, 0.6) is 0 Å². The molecule has 3 aromatic rings. The standard InChI is InChI=1S/C21H27N7O/c1-13-10-14(2)12-15(11-13)25-18-16(17(22)29)19-24-8-9-28(19)20(26-18)27-21(23)6-4-3-5-7-21/h8-12,25H,3-7,23H2,1-2H3,(H2,22,29)(H,26,27). The van der Waals surface area contributed by atoms with E-state index >= 15 is 0 Å². The second-order valence-electron chi connectivity index (χ2n) is 7.99. The molecular formula is C21H27N7O. The van der Waals surface area contributed by atoms with Crippen molar-refractivity contribution in [3.05, 3.63) is 47.3 Å². The van der Waals surface area contributed by atoms with Gasteiger partial charge in [0.1, 0.15) is 5.56 Å². The Bertz CT molecular complexity index is 1050. The van der Waals surface area contributed by atoms with Crippen LogP contribution in [0.25, 0.3) is 5.65 Å². The van der Waals surface area contributed by atoms with Crippen molar-refractivity contribution in [3.63, 3.8) is 0 Å². The molecule has 0 saturated heterocycles. The number of hydrogen-bond acceptors (Lipinski definition) is 6. The molecule has 0 radical (unpaired) electrons. The van der Waals surface area contributed by atoms with E-state index in [0.29, 0.717) is 17.4 Å². The monoisotopic (exact) mass is 393 g/mol. The van der Waals surface area contributed by atoms with E-state index in [-0.39, 0.29) is 5.56 Å². The number of anilines is 3. The first-order chi connectivity index (χ1) is 13.8. The lowest BCUT2D eigenvalue weighted by molar-refractivity contribution is 0.100. The van der Waals surface area contributed by atoms with Gasteiger partial charge in [0.2, 0.25) is 5.95 Å². The zero-order valence-electron chi connectivity index (χ0n) is 16.8. The Morgan fingerprint density at radius 3 is 2.48 bits per heavy atom. The van der Waals surface area contributed by atoms with E-state index in [2.05, 4.69) is 21.7 Å². The van der Waals surface area contributed by atoms with E-state index in [1.165, 1.54) is 6.42 Å². The third-order valence-electron chi connectivity index (χ3n) is 5.38. The van der Waals surface area contributed by atoms with Crippen molar-refractivity contribution in [3.8, 4) is 0 Å². The fourth-order valence-corrected chi connectivity index (χ4v) is 4.10. The maximum absolute atomic E-state index is 12.3. The number of carbonyl (C=O) groups is 1. The summed E-state index contributed by atoms with van der Waals surface area (Å²) < 4.78 is 1.73. The molecule has 1 aromatic carbocycles. The first kappa shape index (κ1) is 19.2. The second-order valence-corrected chi connectivity index (χ2v) is 7.99. The van der Waals surface area contributed by atoms with Crippen molar-refractivity contribution < 1.29 is 4.79 Å². The third-order valence-corrected chi connectivity index (χ3v) is 5.38. The highest BCUT2D eigenvalue weighted by atomic mass is 16.1. The van der Waals surface area contributed by atoms with Crippen LogP contribution in [0, 0.1) is 13.8 Å². The van der Waals surface area contributed by atoms with E-state index in [1.807, 2.05) is 26.0 Å². The predicted molar refractivity (Wildman–Crippen MR) is 114 cm³/mol. The van der Waals surface area contributed by atoms with Crippen LogP contribution in [0.3, 0.4) is 0 Å². The normalized spacial score (nSPS) is 16.0. The summed E-state index contributed by atoms with van der Waals surface area (Å²) in [5.41, 5.74) is 15.5. The molecule has 4 rings (SSSR count). The van der Waals surface area contributed by atoms with Gasteiger partial charge in [0.05, 0.1) is 5.66 Å². The molecule has 0 unspecified atom stereocenters. The fraction of sp³-hybridized carbons (Fsp3) is 0.381. The third kappa shape index (κ3) is 3.88. The average Bonchev–Trinajstić information content (AvgIpc) is 3.10. The molecule has 2 aromatic heterocycles. The van der Waals surface area contributed by atoms with Crippen LogP contribution < -0.4 is 22.1 Å². The van der Waals surface area contributed by atoms with Crippen LogP contribution in [-0.4, -0.2) is 25.9 Å². The maximum Gasteiger partial charge on any atom is 0.256 e. The van der Waals surface area contributed by atoms with Crippen molar-refractivity contribution >= 4 is 29.0 Å². The molecule has 0 atom stereocenters. The highest BCUT2D eigenvalue weighted by molar-refractivity contribution is 6.04. The summed E-state index contributed by atoms with van der Waals surface area (Å²) in [4.78, 5) is 21.3. The second kappa shape index (κ2) is 7.36. The summed E-state index contributed by atoms with van der Waals surface area (Å²) in [6.45, 7) is 4.04. The Morgan fingerprint density at radius 1 is 1.14 bits per heavy atom. The number of imidazole rings is 1. The molecular weight excluding hydrogens is 366 g/mol. The quantitative estimate of drug-likeness (QED) is 0.494. The van der Waals surface area contributed by atoms with Gasteiger partial charge in [-0.05, 0) is 62.8 Å². The Balaban J connectivity index is 1.81. The summed E-state index contributed by atoms with van der Waals surface area (Å²) in [7, 11) is 0. The minimum absolute atomic E-state index is 0.245. The van der Waals surface area contributed by atoms with E-state index in [4.69, 9.17) is 16.5 Å². The van der Waals surface area contributed by atoms with Crippen LogP contribution in [-0.2, 0) is 0 Å². The molecule has 8 heteroatoms. The van der Waals surface area contributed by atoms with Gasteiger partial charge < -0.3 is 22.1 Å². The molecule has 6 N–H and O–H groups in total. The Hall–Kier alpha value is -3.13.